The molecule has 1 aromatic rings. The molecule has 0 amide bonds. The third-order valence-corrected chi connectivity index (χ3v) is 2.42. The molecule has 0 heterocycles. The van der Waals surface area contributed by atoms with E-state index in [1.807, 2.05) is 0 Å². The first-order valence-electron chi connectivity index (χ1n) is 5.83. The summed E-state index contributed by atoms with van der Waals surface area (Å²) in [7, 11) is 1.27. The van der Waals surface area contributed by atoms with Gasteiger partial charge in [-0.3, -0.25) is 4.79 Å². The Morgan fingerprint density at radius 1 is 1.33 bits per heavy atom. The largest absolute Gasteiger partial charge is 0.573 e. The summed E-state index contributed by atoms with van der Waals surface area (Å²) in [6, 6.07) is 3.74. The topological polar surface area (TPSA) is 68.6 Å². The number of methoxy groups -OCH3 is 1. The Morgan fingerprint density at radius 2 is 1.95 bits per heavy atom. The van der Waals surface area contributed by atoms with Gasteiger partial charge >= 0.3 is 12.3 Å². The number of carbonyl (C=O) groups excluding carboxylic acids is 1. The summed E-state index contributed by atoms with van der Waals surface area (Å²) in [6.45, 7) is 1.70. The van der Waals surface area contributed by atoms with Crippen LogP contribution in [0.25, 0.3) is 0 Å². The minimum atomic E-state index is -4.94. The number of rotatable bonds is 5. The number of halogens is 3. The van der Waals surface area contributed by atoms with Gasteiger partial charge in [-0.2, -0.15) is 5.26 Å². The first-order chi connectivity index (χ1) is 9.82. The number of esters is 1. The summed E-state index contributed by atoms with van der Waals surface area (Å²) in [4.78, 5) is 11.5. The van der Waals surface area contributed by atoms with E-state index >= 15 is 0 Å². The lowest BCUT2D eigenvalue weighted by atomic mass is 10.0. The van der Waals surface area contributed by atoms with Gasteiger partial charge in [0.05, 0.1) is 20.1 Å². The number of benzene rings is 1. The monoisotopic (exact) mass is 303 g/mol. The molecule has 0 spiro atoms. The lowest BCUT2D eigenvalue weighted by molar-refractivity contribution is -0.274. The van der Waals surface area contributed by atoms with Gasteiger partial charge in [0.2, 0.25) is 0 Å². The van der Waals surface area contributed by atoms with Crippen molar-refractivity contribution >= 4 is 5.97 Å². The molecule has 21 heavy (non-hydrogen) atoms. The van der Waals surface area contributed by atoms with E-state index in [4.69, 9.17) is 14.7 Å². The second-order valence-corrected chi connectivity index (χ2v) is 3.76. The van der Waals surface area contributed by atoms with Crippen LogP contribution in [0.15, 0.2) is 12.1 Å². The Balaban J connectivity index is 3.27. The standard InChI is InChI=1S/C13H12F3NO4/c1-3-20-12(18)6-8-9(7-17)11(21-13(14,15)16)5-4-10(8)19-2/h4-5H,3,6H2,1-2H3. The molecule has 0 unspecified atom stereocenters. The SMILES string of the molecule is CCOC(=O)Cc1c(OC)ccc(OC(F)(F)F)c1C#N. The van der Waals surface area contributed by atoms with Crippen LogP contribution in [0.3, 0.4) is 0 Å². The van der Waals surface area contributed by atoms with E-state index in [1.54, 1.807) is 13.0 Å². The van der Waals surface area contributed by atoms with Gasteiger partial charge in [-0.1, -0.05) is 0 Å². The molecule has 0 atom stereocenters. The zero-order valence-electron chi connectivity index (χ0n) is 11.3. The number of nitriles is 1. The van der Waals surface area contributed by atoms with E-state index in [9.17, 15) is 18.0 Å². The van der Waals surface area contributed by atoms with Gasteiger partial charge in [-0.05, 0) is 19.1 Å². The molecule has 0 radical (unpaired) electrons. The van der Waals surface area contributed by atoms with Gasteiger partial charge in [0, 0.05) is 5.56 Å². The van der Waals surface area contributed by atoms with Gasteiger partial charge in [0.15, 0.2) is 0 Å². The number of hydrogen-bond acceptors (Lipinski definition) is 5. The van der Waals surface area contributed by atoms with Gasteiger partial charge in [0.1, 0.15) is 23.1 Å². The van der Waals surface area contributed by atoms with Gasteiger partial charge in [-0.15, -0.1) is 13.2 Å². The zero-order valence-corrected chi connectivity index (χ0v) is 11.3. The Morgan fingerprint density at radius 3 is 2.43 bits per heavy atom. The third kappa shape index (κ3) is 4.56. The van der Waals surface area contributed by atoms with Crippen molar-refractivity contribution in [2.75, 3.05) is 13.7 Å². The Bertz CT molecular complexity index is 564. The van der Waals surface area contributed by atoms with Crippen LogP contribution in [0.5, 0.6) is 11.5 Å². The van der Waals surface area contributed by atoms with E-state index < -0.39 is 30.1 Å². The van der Waals surface area contributed by atoms with Gasteiger partial charge in [0.25, 0.3) is 0 Å². The molecule has 0 aliphatic heterocycles. The molecule has 0 fully saturated rings. The van der Waals surface area contributed by atoms with Crippen molar-refractivity contribution < 1.29 is 32.2 Å². The number of nitrogens with zero attached hydrogens (tertiary/aromatic N) is 1. The molecule has 1 rings (SSSR count). The second-order valence-electron chi connectivity index (χ2n) is 3.76. The van der Waals surface area contributed by atoms with Crippen LogP contribution in [0.4, 0.5) is 13.2 Å². The predicted octanol–water partition coefficient (Wildman–Crippen LogP) is 2.57. The highest BCUT2D eigenvalue weighted by Gasteiger charge is 2.33. The van der Waals surface area contributed by atoms with E-state index in [0.29, 0.717) is 0 Å². The molecular weight excluding hydrogens is 291 g/mol. The van der Waals surface area contributed by atoms with Crippen molar-refractivity contribution in [2.45, 2.75) is 19.7 Å². The molecule has 0 N–H and O–H groups in total. The number of hydrogen-bond donors (Lipinski definition) is 0. The number of ether oxygens (including phenoxy) is 3. The minimum Gasteiger partial charge on any atom is -0.496 e. The van der Waals surface area contributed by atoms with Crippen molar-refractivity contribution in [1.29, 1.82) is 5.26 Å². The first-order valence-corrected chi connectivity index (χ1v) is 5.83. The van der Waals surface area contributed by atoms with Gasteiger partial charge in [-0.25, -0.2) is 0 Å². The lowest BCUT2D eigenvalue weighted by Gasteiger charge is -2.15. The van der Waals surface area contributed by atoms with Crippen LogP contribution in [0.1, 0.15) is 18.1 Å². The van der Waals surface area contributed by atoms with Crippen LogP contribution in [-0.2, 0) is 16.0 Å². The summed E-state index contributed by atoms with van der Waals surface area (Å²) < 4.78 is 50.4. The van der Waals surface area contributed by atoms with Gasteiger partial charge < -0.3 is 14.2 Å². The Kier molecular flexibility index (Phi) is 5.41. The quantitative estimate of drug-likeness (QED) is 0.782. The Hall–Kier alpha value is -2.43. The highest BCUT2D eigenvalue weighted by molar-refractivity contribution is 5.75. The summed E-state index contributed by atoms with van der Waals surface area (Å²) >= 11 is 0. The first kappa shape index (κ1) is 16.6. The average molecular weight is 303 g/mol. The highest BCUT2D eigenvalue weighted by Crippen LogP contribution is 2.33. The van der Waals surface area contributed by atoms with Crippen LogP contribution >= 0.6 is 0 Å². The van der Waals surface area contributed by atoms with E-state index in [2.05, 4.69) is 4.74 Å². The fraction of sp³-hybridized carbons (Fsp3) is 0.385. The average Bonchev–Trinajstić information content (AvgIpc) is 2.37. The van der Waals surface area contributed by atoms with Crippen molar-refractivity contribution in [1.82, 2.24) is 0 Å². The Labute approximate surface area is 118 Å². The fourth-order valence-electron chi connectivity index (χ4n) is 1.66. The second kappa shape index (κ2) is 6.83. The molecule has 8 heteroatoms. The summed E-state index contributed by atoms with van der Waals surface area (Å²) in [5.41, 5.74) is -0.431. The maximum absolute atomic E-state index is 12.3. The van der Waals surface area contributed by atoms with Crippen molar-refractivity contribution in [2.24, 2.45) is 0 Å². The van der Waals surface area contributed by atoms with E-state index in [0.717, 1.165) is 6.07 Å². The molecule has 0 aliphatic carbocycles. The van der Waals surface area contributed by atoms with Crippen molar-refractivity contribution in [3.8, 4) is 17.6 Å². The lowest BCUT2D eigenvalue weighted by Crippen LogP contribution is -2.19. The van der Waals surface area contributed by atoms with Crippen molar-refractivity contribution in [3.63, 3.8) is 0 Å². The van der Waals surface area contributed by atoms with E-state index in [-0.39, 0.29) is 17.9 Å². The normalized spacial score (nSPS) is 10.7. The molecule has 0 saturated carbocycles. The van der Waals surface area contributed by atoms with Crippen LogP contribution in [0, 0.1) is 11.3 Å². The third-order valence-electron chi connectivity index (χ3n) is 2.42. The number of alkyl halides is 3. The van der Waals surface area contributed by atoms with Crippen molar-refractivity contribution in [3.05, 3.63) is 23.3 Å². The molecule has 0 bridgehead atoms. The molecule has 0 aliphatic rings. The zero-order chi connectivity index (χ0) is 16.0. The van der Waals surface area contributed by atoms with Crippen LogP contribution in [0.2, 0.25) is 0 Å². The summed E-state index contributed by atoms with van der Waals surface area (Å²) in [5.74, 6) is -1.27. The maximum Gasteiger partial charge on any atom is 0.573 e. The minimum absolute atomic E-state index is 0.0137. The molecule has 1 aromatic carbocycles. The van der Waals surface area contributed by atoms with Crippen LogP contribution < -0.4 is 9.47 Å². The smallest absolute Gasteiger partial charge is 0.496 e. The maximum atomic E-state index is 12.3. The van der Waals surface area contributed by atoms with E-state index in [1.165, 1.54) is 13.2 Å². The predicted molar refractivity (Wildman–Crippen MR) is 64.7 cm³/mol. The summed E-state index contributed by atoms with van der Waals surface area (Å²) in [5, 5.41) is 9.05. The fourth-order valence-corrected chi connectivity index (χ4v) is 1.66. The highest BCUT2D eigenvalue weighted by atomic mass is 19.4. The molecule has 0 saturated heterocycles. The molecule has 0 aromatic heterocycles. The molecule has 114 valence electrons. The van der Waals surface area contributed by atoms with Crippen LogP contribution in [-0.4, -0.2) is 26.0 Å². The number of carbonyl (C=O) groups is 1. The summed E-state index contributed by atoms with van der Waals surface area (Å²) in [6.07, 6.45) is -5.34. The molecular formula is C13H12F3NO4. The molecule has 5 nitrogen and oxygen atoms in total.